The van der Waals surface area contributed by atoms with Crippen molar-refractivity contribution in [2.45, 2.75) is 20.0 Å². The second-order valence-corrected chi connectivity index (χ2v) is 7.28. The van der Waals surface area contributed by atoms with Gasteiger partial charge in [0.15, 0.2) is 6.61 Å². The molecular weight excluding hydrogens is 403 g/mol. The average Bonchev–Trinajstić information content (AvgIpc) is 2.89. The van der Waals surface area contributed by atoms with Gasteiger partial charge in [-0.1, -0.05) is 11.6 Å². The first-order chi connectivity index (χ1) is 12.7. The van der Waals surface area contributed by atoms with Crippen LogP contribution in [0, 0.1) is 13.8 Å². The lowest BCUT2D eigenvalue weighted by Crippen LogP contribution is -2.21. The highest BCUT2D eigenvalue weighted by Crippen LogP contribution is 2.35. The van der Waals surface area contributed by atoms with Crippen LogP contribution in [-0.4, -0.2) is 22.5 Å². The Balaban J connectivity index is 1.75. The van der Waals surface area contributed by atoms with Crippen molar-refractivity contribution in [3.8, 4) is 5.88 Å². The van der Waals surface area contributed by atoms with E-state index in [9.17, 15) is 18.0 Å². The SMILES string of the molecule is Cc1sc2ncnc(OCC(=O)Nc3cc(C(F)(F)F)ccc3Cl)c2c1C. The van der Waals surface area contributed by atoms with Gasteiger partial charge in [0, 0.05) is 4.88 Å². The molecule has 3 rings (SSSR count). The molecule has 1 amide bonds. The van der Waals surface area contributed by atoms with Crippen LogP contribution in [0.4, 0.5) is 18.9 Å². The van der Waals surface area contributed by atoms with E-state index in [1.807, 2.05) is 13.8 Å². The first-order valence-electron chi connectivity index (χ1n) is 7.67. The molecule has 5 nitrogen and oxygen atoms in total. The molecule has 1 aromatic carbocycles. The minimum atomic E-state index is -4.54. The highest BCUT2D eigenvalue weighted by Gasteiger charge is 2.31. The molecule has 0 fully saturated rings. The number of alkyl halides is 3. The van der Waals surface area contributed by atoms with Gasteiger partial charge >= 0.3 is 6.18 Å². The summed E-state index contributed by atoms with van der Waals surface area (Å²) in [6.07, 6.45) is -3.21. The van der Waals surface area contributed by atoms with E-state index in [1.54, 1.807) is 0 Å². The summed E-state index contributed by atoms with van der Waals surface area (Å²) in [6.45, 7) is 3.40. The Hall–Kier alpha value is -2.39. The van der Waals surface area contributed by atoms with Crippen LogP contribution in [0.2, 0.25) is 5.02 Å². The molecule has 142 valence electrons. The fourth-order valence-electron chi connectivity index (χ4n) is 2.38. The van der Waals surface area contributed by atoms with Crippen molar-refractivity contribution < 1.29 is 22.7 Å². The zero-order chi connectivity index (χ0) is 19.8. The number of hydrogen-bond donors (Lipinski definition) is 1. The van der Waals surface area contributed by atoms with Gasteiger partial charge in [-0.15, -0.1) is 11.3 Å². The van der Waals surface area contributed by atoms with Gasteiger partial charge < -0.3 is 10.1 Å². The molecule has 0 unspecified atom stereocenters. The van der Waals surface area contributed by atoms with E-state index in [1.165, 1.54) is 17.7 Å². The lowest BCUT2D eigenvalue weighted by atomic mass is 10.2. The number of aryl methyl sites for hydroxylation is 2. The highest BCUT2D eigenvalue weighted by atomic mass is 35.5. The van der Waals surface area contributed by atoms with Gasteiger partial charge in [-0.3, -0.25) is 4.79 Å². The summed E-state index contributed by atoms with van der Waals surface area (Å²) >= 11 is 7.35. The van der Waals surface area contributed by atoms with Crippen molar-refractivity contribution in [3.63, 3.8) is 0 Å². The van der Waals surface area contributed by atoms with E-state index in [4.69, 9.17) is 16.3 Å². The maximum Gasteiger partial charge on any atom is 0.416 e. The monoisotopic (exact) mass is 415 g/mol. The van der Waals surface area contributed by atoms with Gasteiger partial charge in [0.1, 0.15) is 11.2 Å². The van der Waals surface area contributed by atoms with E-state index in [-0.39, 0.29) is 16.6 Å². The number of thiophene rings is 1. The minimum Gasteiger partial charge on any atom is -0.467 e. The maximum atomic E-state index is 12.8. The molecule has 0 bridgehead atoms. The Bertz CT molecular complexity index is 1020. The number of anilines is 1. The number of benzene rings is 1. The molecular formula is C17H13ClF3N3O2S. The van der Waals surface area contributed by atoms with Gasteiger partial charge in [-0.05, 0) is 37.6 Å². The van der Waals surface area contributed by atoms with Crippen molar-refractivity contribution in [1.29, 1.82) is 0 Å². The molecule has 27 heavy (non-hydrogen) atoms. The molecule has 0 aliphatic heterocycles. The third-order valence-corrected chi connectivity index (χ3v) is 5.28. The largest absolute Gasteiger partial charge is 0.467 e. The third kappa shape index (κ3) is 4.14. The van der Waals surface area contributed by atoms with Crippen molar-refractivity contribution in [2.75, 3.05) is 11.9 Å². The summed E-state index contributed by atoms with van der Waals surface area (Å²) in [5.74, 6) is -0.417. The molecule has 0 radical (unpaired) electrons. The molecule has 0 aliphatic carbocycles. The quantitative estimate of drug-likeness (QED) is 0.651. The van der Waals surface area contributed by atoms with Crippen LogP contribution in [0.15, 0.2) is 24.5 Å². The standard InChI is InChI=1S/C17H13ClF3N3O2S/c1-8-9(2)27-16-14(8)15(22-7-23-16)26-6-13(25)24-12-5-10(17(19,20)21)3-4-11(12)18/h3-5,7H,6H2,1-2H3,(H,24,25). The summed E-state index contributed by atoms with van der Waals surface area (Å²) in [5, 5.41) is 3.03. The molecule has 0 aliphatic rings. The van der Waals surface area contributed by atoms with Crippen LogP contribution in [0.1, 0.15) is 16.0 Å². The molecule has 0 saturated carbocycles. The molecule has 10 heteroatoms. The summed E-state index contributed by atoms with van der Waals surface area (Å²) in [6, 6.07) is 2.69. The second kappa shape index (κ2) is 7.32. The summed E-state index contributed by atoms with van der Waals surface area (Å²) in [5.41, 5.74) is -0.104. The molecule has 2 heterocycles. The maximum absolute atomic E-state index is 12.8. The van der Waals surface area contributed by atoms with Gasteiger partial charge in [-0.25, -0.2) is 9.97 Å². The number of carbonyl (C=O) groups excluding carboxylic acids is 1. The Morgan fingerprint density at radius 2 is 2.04 bits per heavy atom. The average molecular weight is 416 g/mol. The molecule has 0 saturated heterocycles. The summed E-state index contributed by atoms with van der Waals surface area (Å²) < 4.78 is 43.9. The number of hydrogen-bond acceptors (Lipinski definition) is 5. The van der Waals surface area contributed by atoms with Crippen LogP contribution in [0.25, 0.3) is 10.2 Å². The lowest BCUT2D eigenvalue weighted by Gasteiger charge is -2.12. The number of nitrogens with zero attached hydrogens (tertiary/aromatic N) is 2. The number of nitrogens with one attached hydrogen (secondary N) is 1. The van der Waals surface area contributed by atoms with Gasteiger partial charge in [-0.2, -0.15) is 13.2 Å². The predicted molar refractivity (Wildman–Crippen MR) is 97.5 cm³/mol. The first-order valence-corrected chi connectivity index (χ1v) is 8.86. The van der Waals surface area contributed by atoms with Crippen LogP contribution in [0.3, 0.4) is 0 Å². The fraction of sp³-hybridized carbons (Fsp3) is 0.235. The number of aromatic nitrogens is 2. The van der Waals surface area contributed by atoms with E-state index < -0.39 is 24.3 Å². The van der Waals surface area contributed by atoms with Crippen molar-refractivity contribution in [2.24, 2.45) is 0 Å². The Labute approximate surface area is 161 Å². The third-order valence-electron chi connectivity index (χ3n) is 3.84. The van der Waals surface area contributed by atoms with Crippen LogP contribution in [0.5, 0.6) is 5.88 Å². The normalized spacial score (nSPS) is 11.6. The highest BCUT2D eigenvalue weighted by molar-refractivity contribution is 7.18. The van der Waals surface area contributed by atoms with Crippen molar-refractivity contribution in [1.82, 2.24) is 9.97 Å². The Morgan fingerprint density at radius 1 is 1.30 bits per heavy atom. The number of rotatable bonds is 4. The lowest BCUT2D eigenvalue weighted by molar-refractivity contribution is -0.137. The second-order valence-electron chi connectivity index (χ2n) is 5.67. The van der Waals surface area contributed by atoms with Crippen LogP contribution < -0.4 is 10.1 Å². The number of halogens is 4. The smallest absolute Gasteiger partial charge is 0.416 e. The first kappa shape index (κ1) is 19.4. The number of ether oxygens (including phenoxy) is 1. The molecule has 1 N–H and O–H groups in total. The molecule has 0 spiro atoms. The predicted octanol–water partition coefficient (Wildman–Crippen LogP) is 5.00. The van der Waals surface area contributed by atoms with Gasteiger partial charge in [0.2, 0.25) is 5.88 Å². The Morgan fingerprint density at radius 3 is 2.74 bits per heavy atom. The van der Waals surface area contributed by atoms with E-state index in [2.05, 4.69) is 15.3 Å². The van der Waals surface area contributed by atoms with E-state index in [0.717, 1.165) is 33.5 Å². The van der Waals surface area contributed by atoms with Crippen molar-refractivity contribution >= 4 is 44.7 Å². The van der Waals surface area contributed by atoms with Crippen LogP contribution in [-0.2, 0) is 11.0 Å². The number of carbonyl (C=O) groups is 1. The topological polar surface area (TPSA) is 64.1 Å². The van der Waals surface area contributed by atoms with Gasteiger partial charge in [0.25, 0.3) is 5.91 Å². The molecule has 0 atom stereocenters. The summed E-state index contributed by atoms with van der Waals surface area (Å²) in [7, 11) is 0. The number of amides is 1. The van der Waals surface area contributed by atoms with Crippen molar-refractivity contribution in [3.05, 3.63) is 45.6 Å². The fourth-order valence-corrected chi connectivity index (χ4v) is 3.53. The van der Waals surface area contributed by atoms with Gasteiger partial charge in [0.05, 0.1) is 21.7 Å². The molecule has 3 aromatic rings. The number of fused-ring (bicyclic) bond motifs is 1. The summed E-state index contributed by atoms with van der Waals surface area (Å²) in [4.78, 5) is 22.1. The molecule has 2 aromatic heterocycles. The van der Waals surface area contributed by atoms with Crippen LogP contribution >= 0.6 is 22.9 Å². The Kier molecular flexibility index (Phi) is 5.25. The zero-order valence-corrected chi connectivity index (χ0v) is 15.7. The van der Waals surface area contributed by atoms with E-state index >= 15 is 0 Å². The minimum absolute atomic E-state index is 0.00918. The van der Waals surface area contributed by atoms with E-state index in [0.29, 0.717) is 5.39 Å². The zero-order valence-electron chi connectivity index (χ0n) is 14.1.